The number of nitrogens with one attached hydrogen (secondary N) is 1. The number of hydrogen-bond donors (Lipinski definition) is 1. The Bertz CT molecular complexity index is 256. The lowest BCUT2D eigenvalue weighted by Gasteiger charge is -2.02. The Kier molecular flexibility index (Phi) is 1.81. The van der Waals surface area contributed by atoms with Gasteiger partial charge in [0.25, 0.3) is 0 Å². The Morgan fingerprint density at radius 3 is 2.75 bits per heavy atom. The van der Waals surface area contributed by atoms with Crippen LogP contribution in [0.25, 0.3) is 0 Å². The van der Waals surface area contributed by atoms with Gasteiger partial charge < -0.3 is 10.1 Å². The van der Waals surface area contributed by atoms with Crippen molar-refractivity contribution in [3.05, 3.63) is 12.1 Å². The Morgan fingerprint density at radius 1 is 1.42 bits per heavy atom. The highest BCUT2D eigenvalue weighted by Gasteiger charge is 2.23. The number of hydrogen-bond acceptors (Lipinski definition) is 4. The van der Waals surface area contributed by atoms with Crippen molar-refractivity contribution in [1.82, 2.24) is 10.2 Å². The van der Waals surface area contributed by atoms with E-state index in [1.165, 1.54) is 0 Å². The van der Waals surface area contributed by atoms with Crippen LogP contribution in [0, 0.1) is 0 Å². The van der Waals surface area contributed by atoms with Crippen molar-refractivity contribution in [3.8, 4) is 5.88 Å². The molecule has 2 rings (SSSR count). The second kappa shape index (κ2) is 2.97. The largest absolute Gasteiger partial charge is 0.473 e. The van der Waals surface area contributed by atoms with E-state index in [1.54, 1.807) is 0 Å². The Balaban J connectivity index is 2.02. The fourth-order valence-electron chi connectivity index (χ4n) is 0.873. The van der Waals surface area contributed by atoms with Gasteiger partial charge in [-0.2, -0.15) is 0 Å². The Labute approximate surface area is 71.0 Å². The molecule has 0 amide bonds. The third-order valence-corrected chi connectivity index (χ3v) is 1.71. The van der Waals surface area contributed by atoms with Crippen molar-refractivity contribution in [3.63, 3.8) is 0 Å². The van der Waals surface area contributed by atoms with Crippen molar-refractivity contribution in [1.29, 1.82) is 0 Å². The summed E-state index contributed by atoms with van der Waals surface area (Å²) in [6.45, 7) is 0. The molecule has 0 bridgehead atoms. The van der Waals surface area contributed by atoms with Crippen LogP contribution in [0.2, 0.25) is 0 Å². The van der Waals surface area contributed by atoms with Crippen molar-refractivity contribution < 1.29 is 4.74 Å². The van der Waals surface area contributed by atoms with Crippen LogP contribution in [0.15, 0.2) is 12.1 Å². The molecule has 1 saturated carbocycles. The van der Waals surface area contributed by atoms with Crippen molar-refractivity contribution in [2.75, 3.05) is 12.4 Å². The summed E-state index contributed by atoms with van der Waals surface area (Å²) in [4.78, 5) is 0. The highest BCUT2D eigenvalue weighted by molar-refractivity contribution is 5.32. The van der Waals surface area contributed by atoms with Gasteiger partial charge in [0, 0.05) is 13.1 Å². The average Bonchev–Trinajstić information content (AvgIpc) is 2.90. The van der Waals surface area contributed by atoms with Crippen molar-refractivity contribution in [2.45, 2.75) is 18.9 Å². The van der Waals surface area contributed by atoms with Crippen LogP contribution in [-0.2, 0) is 0 Å². The molecule has 0 spiro atoms. The van der Waals surface area contributed by atoms with Crippen LogP contribution in [-0.4, -0.2) is 23.3 Å². The zero-order valence-corrected chi connectivity index (χ0v) is 6.95. The minimum absolute atomic E-state index is 0.389. The summed E-state index contributed by atoms with van der Waals surface area (Å²) in [5, 5.41) is 10.7. The molecule has 1 aromatic rings. The zero-order valence-electron chi connectivity index (χ0n) is 6.95. The molecule has 0 aromatic carbocycles. The number of anilines is 1. The van der Waals surface area contributed by atoms with Crippen LogP contribution in [0.3, 0.4) is 0 Å². The number of ether oxygens (including phenoxy) is 1. The lowest BCUT2D eigenvalue weighted by atomic mass is 10.5. The van der Waals surface area contributed by atoms with E-state index in [0.717, 1.165) is 18.7 Å². The second-order valence-electron chi connectivity index (χ2n) is 2.82. The van der Waals surface area contributed by atoms with Crippen LogP contribution in [0.5, 0.6) is 5.88 Å². The normalized spacial score (nSPS) is 15.8. The summed E-state index contributed by atoms with van der Waals surface area (Å²) in [7, 11) is 1.81. The van der Waals surface area contributed by atoms with Gasteiger partial charge in [-0.15, -0.1) is 10.2 Å². The molecule has 0 unspecified atom stereocenters. The third kappa shape index (κ3) is 1.64. The van der Waals surface area contributed by atoms with E-state index < -0.39 is 0 Å². The van der Waals surface area contributed by atoms with E-state index in [-0.39, 0.29) is 0 Å². The number of aromatic nitrogens is 2. The van der Waals surface area contributed by atoms with Gasteiger partial charge in [-0.05, 0) is 18.9 Å². The molecule has 1 aliphatic carbocycles. The molecular formula is C8H11N3O. The summed E-state index contributed by atoms with van der Waals surface area (Å²) >= 11 is 0. The Morgan fingerprint density at radius 2 is 2.25 bits per heavy atom. The standard InChI is InChI=1S/C8H11N3O/c1-9-7-4-5-8(11-10-7)12-6-2-3-6/h4-6H,2-3H2,1H3,(H,9,10). The molecule has 1 fully saturated rings. The van der Waals surface area contributed by atoms with Crippen LogP contribution >= 0.6 is 0 Å². The van der Waals surface area contributed by atoms with Gasteiger partial charge in [-0.3, -0.25) is 0 Å². The van der Waals surface area contributed by atoms with Crippen LogP contribution in [0.1, 0.15) is 12.8 Å². The molecule has 0 atom stereocenters. The SMILES string of the molecule is CNc1ccc(OC2CC2)nn1. The van der Waals surface area contributed by atoms with E-state index >= 15 is 0 Å². The molecule has 64 valence electrons. The summed E-state index contributed by atoms with van der Waals surface area (Å²) < 4.78 is 5.42. The maximum absolute atomic E-state index is 5.42. The molecule has 0 saturated heterocycles. The zero-order chi connectivity index (χ0) is 8.39. The Hall–Kier alpha value is -1.32. The molecule has 12 heavy (non-hydrogen) atoms. The van der Waals surface area contributed by atoms with E-state index in [9.17, 15) is 0 Å². The predicted molar refractivity (Wildman–Crippen MR) is 45.2 cm³/mol. The molecule has 1 heterocycles. The van der Waals surface area contributed by atoms with Gasteiger partial charge in [-0.25, -0.2) is 0 Å². The minimum Gasteiger partial charge on any atom is -0.473 e. The molecular weight excluding hydrogens is 154 g/mol. The first-order chi connectivity index (χ1) is 5.88. The summed E-state index contributed by atoms with van der Waals surface area (Å²) in [6.07, 6.45) is 2.69. The van der Waals surface area contributed by atoms with Gasteiger partial charge in [0.05, 0.1) is 0 Å². The number of rotatable bonds is 3. The lowest BCUT2D eigenvalue weighted by molar-refractivity contribution is 0.287. The van der Waals surface area contributed by atoms with E-state index in [4.69, 9.17) is 4.74 Å². The average molecular weight is 165 g/mol. The molecule has 4 heteroatoms. The maximum atomic E-state index is 5.42. The summed E-state index contributed by atoms with van der Waals surface area (Å²) in [5.41, 5.74) is 0. The van der Waals surface area contributed by atoms with E-state index in [1.807, 2.05) is 19.2 Å². The topological polar surface area (TPSA) is 47.0 Å². The van der Waals surface area contributed by atoms with Crippen molar-refractivity contribution >= 4 is 5.82 Å². The first-order valence-corrected chi connectivity index (χ1v) is 4.06. The summed E-state index contributed by atoms with van der Waals surface area (Å²) in [5.74, 6) is 1.38. The van der Waals surface area contributed by atoms with Crippen molar-refractivity contribution in [2.24, 2.45) is 0 Å². The molecule has 0 aliphatic heterocycles. The fraction of sp³-hybridized carbons (Fsp3) is 0.500. The van der Waals surface area contributed by atoms with E-state index in [2.05, 4.69) is 15.5 Å². The minimum atomic E-state index is 0.389. The molecule has 1 N–H and O–H groups in total. The first kappa shape index (κ1) is 7.34. The predicted octanol–water partition coefficient (Wildman–Crippen LogP) is 1.06. The van der Waals surface area contributed by atoms with Crippen LogP contribution in [0.4, 0.5) is 5.82 Å². The quantitative estimate of drug-likeness (QED) is 0.727. The smallest absolute Gasteiger partial charge is 0.233 e. The highest BCUT2D eigenvalue weighted by Crippen LogP contribution is 2.25. The van der Waals surface area contributed by atoms with Gasteiger partial charge in [-0.1, -0.05) is 0 Å². The lowest BCUT2D eigenvalue weighted by Crippen LogP contribution is -2.00. The van der Waals surface area contributed by atoms with Gasteiger partial charge in [0.1, 0.15) is 11.9 Å². The van der Waals surface area contributed by atoms with Gasteiger partial charge >= 0.3 is 0 Å². The second-order valence-corrected chi connectivity index (χ2v) is 2.82. The fourth-order valence-corrected chi connectivity index (χ4v) is 0.873. The monoisotopic (exact) mass is 165 g/mol. The number of nitrogens with zero attached hydrogens (tertiary/aromatic N) is 2. The maximum Gasteiger partial charge on any atom is 0.233 e. The first-order valence-electron chi connectivity index (χ1n) is 4.06. The van der Waals surface area contributed by atoms with Gasteiger partial charge in [0.15, 0.2) is 0 Å². The van der Waals surface area contributed by atoms with E-state index in [0.29, 0.717) is 12.0 Å². The van der Waals surface area contributed by atoms with Crippen LogP contribution < -0.4 is 10.1 Å². The molecule has 4 nitrogen and oxygen atoms in total. The molecule has 1 aromatic heterocycles. The molecule has 1 aliphatic rings. The highest BCUT2D eigenvalue weighted by atomic mass is 16.5. The molecule has 0 radical (unpaired) electrons. The summed E-state index contributed by atoms with van der Waals surface area (Å²) in [6, 6.07) is 3.68. The van der Waals surface area contributed by atoms with Gasteiger partial charge in [0.2, 0.25) is 5.88 Å². The third-order valence-electron chi connectivity index (χ3n) is 1.71.